The van der Waals surface area contributed by atoms with Gasteiger partial charge in [0.25, 0.3) is 0 Å². The van der Waals surface area contributed by atoms with Crippen LogP contribution in [0.25, 0.3) is 27.8 Å². The van der Waals surface area contributed by atoms with Crippen LogP contribution in [0.4, 0.5) is 17.1 Å². The quantitative estimate of drug-likeness (QED) is 0.171. The SMILES string of the molecule is CC(C)(C)C1=CC2=C(CC1)c1ccc(C(C)(C)C)cc1C21c2ccccc2Sc2ccc(-c3ccccc3N(c3ccccc3)c3ccc(-c4ccccc4)cc3)cc21. The van der Waals surface area contributed by atoms with Gasteiger partial charge < -0.3 is 4.90 Å². The van der Waals surface area contributed by atoms with E-state index in [2.05, 4.69) is 222 Å². The summed E-state index contributed by atoms with van der Waals surface area (Å²) in [6, 6.07) is 63.5. The molecular formula is C57H51NS. The average molecular weight is 782 g/mol. The number of hydrogen-bond acceptors (Lipinski definition) is 2. The normalized spacial score (nSPS) is 16.9. The van der Waals surface area contributed by atoms with Crippen LogP contribution in [0.3, 0.4) is 0 Å². The Bertz CT molecular complexity index is 2790. The minimum Gasteiger partial charge on any atom is -0.310 e. The van der Waals surface area contributed by atoms with Crippen molar-refractivity contribution in [1.29, 1.82) is 0 Å². The third-order valence-corrected chi connectivity index (χ3v) is 14.0. The van der Waals surface area contributed by atoms with Gasteiger partial charge in [-0.25, -0.2) is 0 Å². The molecule has 0 bridgehead atoms. The Morgan fingerprint density at radius 1 is 0.475 bits per heavy atom. The number of nitrogens with zero attached hydrogens (tertiary/aromatic N) is 1. The number of allylic oxidation sites excluding steroid dienone is 4. The summed E-state index contributed by atoms with van der Waals surface area (Å²) >= 11 is 1.93. The Morgan fingerprint density at radius 2 is 1.10 bits per heavy atom. The first-order valence-electron chi connectivity index (χ1n) is 21.1. The van der Waals surface area contributed by atoms with Crippen molar-refractivity contribution in [1.82, 2.24) is 0 Å². The van der Waals surface area contributed by atoms with Crippen molar-refractivity contribution in [2.45, 2.75) is 75.0 Å². The van der Waals surface area contributed by atoms with Crippen molar-refractivity contribution < 1.29 is 0 Å². The molecule has 0 N–H and O–H groups in total. The summed E-state index contributed by atoms with van der Waals surface area (Å²) in [6.07, 6.45) is 4.78. The molecule has 290 valence electrons. The molecule has 2 heteroatoms. The highest BCUT2D eigenvalue weighted by atomic mass is 32.2. The number of rotatable bonds is 5. The Hall–Kier alpha value is -5.83. The van der Waals surface area contributed by atoms with Gasteiger partial charge in [0.2, 0.25) is 0 Å². The Kier molecular flexibility index (Phi) is 8.99. The van der Waals surface area contributed by atoms with E-state index >= 15 is 0 Å². The fourth-order valence-corrected chi connectivity index (χ4v) is 11.0. The third-order valence-electron chi connectivity index (χ3n) is 12.9. The van der Waals surface area contributed by atoms with Gasteiger partial charge >= 0.3 is 0 Å². The number of fused-ring (bicyclic) bond motifs is 8. The summed E-state index contributed by atoms with van der Waals surface area (Å²) in [5.41, 5.74) is 19.4. The predicted molar refractivity (Wildman–Crippen MR) is 251 cm³/mol. The van der Waals surface area contributed by atoms with E-state index in [1.807, 2.05) is 11.8 Å². The van der Waals surface area contributed by atoms with Gasteiger partial charge in [0.05, 0.1) is 11.1 Å². The molecular weight excluding hydrogens is 731 g/mol. The molecule has 1 atom stereocenters. The zero-order valence-corrected chi connectivity index (χ0v) is 35.8. The number of para-hydroxylation sites is 2. The molecule has 0 saturated carbocycles. The third kappa shape index (κ3) is 6.23. The smallest absolute Gasteiger partial charge is 0.0732 e. The monoisotopic (exact) mass is 781 g/mol. The Balaban J connectivity index is 1.21. The van der Waals surface area contributed by atoms with Crippen molar-refractivity contribution in [3.63, 3.8) is 0 Å². The lowest BCUT2D eigenvalue weighted by Crippen LogP contribution is -2.34. The number of hydrogen-bond donors (Lipinski definition) is 0. The standard InChI is InChI=1S/C57H51NS/c1-55(2,3)41-28-32-46-47-33-29-42(56(4,5)6)37-50(47)57(49(46)36-41)48-22-14-16-24-53(48)59-54-34-27-40(35-51(54)57)45-21-13-15-23-52(45)58(43-19-11-8-12-20-43)44-30-25-39(26-31-44)38-17-9-7-10-18-38/h7-28,30-32,34-37H,29,33H2,1-6H3. The fourth-order valence-electron chi connectivity index (χ4n) is 9.80. The van der Waals surface area contributed by atoms with E-state index in [1.165, 1.54) is 76.6 Å². The van der Waals surface area contributed by atoms with Crippen LogP contribution < -0.4 is 4.90 Å². The van der Waals surface area contributed by atoms with Gasteiger partial charge in [-0.1, -0.05) is 186 Å². The van der Waals surface area contributed by atoms with Gasteiger partial charge in [-0.15, -0.1) is 0 Å². The average Bonchev–Trinajstić information content (AvgIpc) is 3.54. The van der Waals surface area contributed by atoms with Crippen molar-refractivity contribution in [3.05, 3.63) is 215 Å². The van der Waals surface area contributed by atoms with E-state index in [4.69, 9.17) is 0 Å². The zero-order valence-electron chi connectivity index (χ0n) is 35.0. The number of benzene rings is 7. The van der Waals surface area contributed by atoms with E-state index in [0.29, 0.717) is 0 Å². The Labute approximate surface area is 355 Å². The molecule has 1 spiro atoms. The predicted octanol–water partition coefficient (Wildman–Crippen LogP) is 16.1. The second-order valence-corrected chi connectivity index (χ2v) is 19.6. The molecule has 59 heavy (non-hydrogen) atoms. The molecule has 10 rings (SSSR count). The second kappa shape index (κ2) is 14.2. The van der Waals surface area contributed by atoms with Crippen LogP contribution in [0.15, 0.2) is 197 Å². The summed E-state index contributed by atoms with van der Waals surface area (Å²) in [6.45, 7) is 14.2. The van der Waals surface area contributed by atoms with E-state index in [9.17, 15) is 0 Å². The minimum absolute atomic E-state index is 0.0124. The van der Waals surface area contributed by atoms with Crippen molar-refractivity contribution in [2.24, 2.45) is 5.41 Å². The van der Waals surface area contributed by atoms with Crippen molar-refractivity contribution in [2.75, 3.05) is 4.90 Å². The van der Waals surface area contributed by atoms with E-state index in [0.717, 1.165) is 29.9 Å². The minimum atomic E-state index is -0.447. The van der Waals surface area contributed by atoms with Crippen LogP contribution in [0, 0.1) is 5.41 Å². The van der Waals surface area contributed by atoms with Crippen LogP contribution >= 0.6 is 11.8 Å². The highest BCUT2D eigenvalue weighted by Crippen LogP contribution is 2.64. The molecule has 1 nitrogen and oxygen atoms in total. The summed E-state index contributed by atoms with van der Waals surface area (Å²) < 4.78 is 0. The van der Waals surface area contributed by atoms with Gasteiger partial charge in [0.15, 0.2) is 0 Å². The first-order chi connectivity index (χ1) is 28.5. The molecule has 7 aromatic rings. The lowest BCUT2D eigenvalue weighted by atomic mass is 9.64. The first kappa shape index (κ1) is 37.4. The summed E-state index contributed by atoms with van der Waals surface area (Å²) in [7, 11) is 0. The van der Waals surface area contributed by atoms with Crippen LogP contribution in [-0.2, 0) is 10.8 Å². The maximum Gasteiger partial charge on any atom is 0.0732 e. The van der Waals surface area contributed by atoms with Gasteiger partial charge in [0, 0.05) is 26.7 Å². The van der Waals surface area contributed by atoms with Gasteiger partial charge in [-0.3, -0.25) is 0 Å². The van der Waals surface area contributed by atoms with Crippen LogP contribution in [0.1, 0.15) is 82.2 Å². The zero-order chi connectivity index (χ0) is 40.5. The number of anilines is 3. The largest absolute Gasteiger partial charge is 0.310 e. The molecule has 0 fully saturated rings. The second-order valence-electron chi connectivity index (χ2n) is 18.5. The van der Waals surface area contributed by atoms with Gasteiger partial charge in [-0.05, 0) is 128 Å². The molecule has 0 saturated heterocycles. The van der Waals surface area contributed by atoms with Gasteiger partial charge in [0.1, 0.15) is 0 Å². The molecule has 0 aromatic heterocycles. The van der Waals surface area contributed by atoms with Crippen LogP contribution in [0.2, 0.25) is 0 Å². The molecule has 7 aromatic carbocycles. The molecule has 1 unspecified atom stereocenters. The summed E-state index contributed by atoms with van der Waals surface area (Å²) in [5.74, 6) is 0. The molecule has 1 aliphatic heterocycles. The highest BCUT2D eigenvalue weighted by Gasteiger charge is 2.52. The molecule has 2 aliphatic carbocycles. The Morgan fingerprint density at radius 3 is 1.85 bits per heavy atom. The first-order valence-corrected chi connectivity index (χ1v) is 22.0. The fraction of sp³-hybridized carbons (Fsp3) is 0.193. The highest BCUT2D eigenvalue weighted by molar-refractivity contribution is 7.99. The maximum atomic E-state index is 2.63. The lowest BCUT2D eigenvalue weighted by Gasteiger charge is -2.42. The van der Waals surface area contributed by atoms with E-state index in [-0.39, 0.29) is 10.8 Å². The summed E-state index contributed by atoms with van der Waals surface area (Å²) in [5, 5.41) is 0. The molecule has 0 amide bonds. The molecule has 1 heterocycles. The molecule has 0 radical (unpaired) electrons. The summed E-state index contributed by atoms with van der Waals surface area (Å²) in [4.78, 5) is 5.10. The van der Waals surface area contributed by atoms with Crippen LogP contribution in [0.5, 0.6) is 0 Å². The van der Waals surface area contributed by atoms with Crippen molar-refractivity contribution in [3.8, 4) is 22.3 Å². The lowest BCUT2D eigenvalue weighted by molar-refractivity contribution is 0.480. The van der Waals surface area contributed by atoms with E-state index < -0.39 is 5.41 Å². The van der Waals surface area contributed by atoms with Gasteiger partial charge in [-0.2, -0.15) is 0 Å². The van der Waals surface area contributed by atoms with Crippen LogP contribution in [-0.4, -0.2) is 0 Å². The molecule has 3 aliphatic rings. The maximum absolute atomic E-state index is 2.63. The van der Waals surface area contributed by atoms with E-state index in [1.54, 1.807) is 0 Å². The van der Waals surface area contributed by atoms with Crippen molar-refractivity contribution >= 4 is 34.4 Å². The topological polar surface area (TPSA) is 3.24 Å².